The second-order valence-electron chi connectivity index (χ2n) is 5.50. The topological polar surface area (TPSA) is 66.6 Å². The second kappa shape index (κ2) is 3.99. The molecule has 4 nitrogen and oxygen atoms in total. The minimum absolute atomic E-state index is 0.0539. The van der Waals surface area contributed by atoms with E-state index in [1.165, 1.54) is 0 Å². The van der Waals surface area contributed by atoms with Gasteiger partial charge in [-0.15, -0.1) is 0 Å². The number of anilines is 1. The van der Waals surface area contributed by atoms with Crippen molar-refractivity contribution >= 4 is 11.6 Å². The van der Waals surface area contributed by atoms with Gasteiger partial charge in [0.25, 0.3) is 0 Å². The Hall–Kier alpha value is -1.55. The van der Waals surface area contributed by atoms with Crippen molar-refractivity contribution in [1.29, 1.82) is 0 Å². The molecule has 0 atom stereocenters. The minimum atomic E-state index is -0.599. The molecule has 1 saturated heterocycles. The van der Waals surface area contributed by atoms with E-state index >= 15 is 0 Å². The van der Waals surface area contributed by atoms with Gasteiger partial charge in [0.15, 0.2) is 0 Å². The number of hydrogen-bond acceptors (Lipinski definition) is 3. The van der Waals surface area contributed by atoms with Crippen LogP contribution in [0.3, 0.4) is 0 Å². The number of nitrogens with two attached hydrogens (primary N) is 1. The van der Waals surface area contributed by atoms with Crippen LogP contribution in [-0.4, -0.2) is 34.6 Å². The Bertz CT molecular complexity index is 476. The standard InChI is InChI=1S/C14H18N2O2/c15-12-4-2-1-3-10(12)7-13(17)16-8-14(18,9-16)11-5-6-11/h1-4,11,18H,5-9,15H2. The summed E-state index contributed by atoms with van der Waals surface area (Å²) in [4.78, 5) is 13.8. The van der Waals surface area contributed by atoms with Crippen LogP contribution in [0.25, 0.3) is 0 Å². The number of likely N-dealkylation sites (tertiary alicyclic amines) is 1. The molecule has 2 aliphatic rings. The monoisotopic (exact) mass is 246 g/mol. The van der Waals surface area contributed by atoms with Crippen LogP contribution in [0.15, 0.2) is 24.3 Å². The van der Waals surface area contributed by atoms with Gasteiger partial charge >= 0.3 is 0 Å². The van der Waals surface area contributed by atoms with Crippen molar-refractivity contribution in [3.63, 3.8) is 0 Å². The summed E-state index contributed by atoms with van der Waals surface area (Å²) in [6, 6.07) is 7.42. The van der Waals surface area contributed by atoms with Crippen LogP contribution in [0.5, 0.6) is 0 Å². The number of β-amino-alcohol motifs (C(OH)–C–C–N with tert-alkyl or cyclic N) is 1. The normalized spacial score (nSPS) is 21.5. The summed E-state index contributed by atoms with van der Waals surface area (Å²) >= 11 is 0. The van der Waals surface area contributed by atoms with Gasteiger partial charge < -0.3 is 15.7 Å². The van der Waals surface area contributed by atoms with Crippen molar-refractivity contribution < 1.29 is 9.90 Å². The SMILES string of the molecule is Nc1ccccc1CC(=O)N1CC(O)(C2CC2)C1. The highest BCUT2D eigenvalue weighted by molar-refractivity contribution is 5.81. The molecule has 2 fully saturated rings. The van der Waals surface area contributed by atoms with E-state index < -0.39 is 5.60 Å². The lowest BCUT2D eigenvalue weighted by Crippen LogP contribution is -2.65. The first-order valence-electron chi connectivity index (χ1n) is 6.42. The molecule has 0 bridgehead atoms. The van der Waals surface area contributed by atoms with Crippen molar-refractivity contribution in [3.05, 3.63) is 29.8 Å². The van der Waals surface area contributed by atoms with Crippen LogP contribution in [0.2, 0.25) is 0 Å². The Morgan fingerprint density at radius 3 is 2.67 bits per heavy atom. The number of aliphatic hydroxyl groups is 1. The van der Waals surface area contributed by atoms with E-state index in [4.69, 9.17) is 5.73 Å². The average Bonchev–Trinajstić information content (AvgIpc) is 3.12. The smallest absolute Gasteiger partial charge is 0.227 e. The Morgan fingerprint density at radius 1 is 1.39 bits per heavy atom. The molecule has 0 aromatic heterocycles. The zero-order chi connectivity index (χ0) is 12.8. The van der Waals surface area contributed by atoms with Crippen LogP contribution in [0.4, 0.5) is 5.69 Å². The maximum atomic E-state index is 12.0. The molecule has 3 rings (SSSR count). The molecular weight excluding hydrogens is 228 g/mol. The van der Waals surface area contributed by atoms with Crippen LogP contribution < -0.4 is 5.73 Å². The molecule has 0 unspecified atom stereocenters. The van der Waals surface area contributed by atoms with Crippen LogP contribution in [0, 0.1) is 5.92 Å². The van der Waals surface area contributed by atoms with Gasteiger partial charge in [-0.1, -0.05) is 18.2 Å². The summed E-state index contributed by atoms with van der Waals surface area (Å²) in [6.45, 7) is 0.979. The predicted octanol–water partition coefficient (Wildman–Crippen LogP) is 0.795. The van der Waals surface area contributed by atoms with Gasteiger partial charge in [-0.2, -0.15) is 0 Å². The van der Waals surface area contributed by atoms with Crippen molar-refractivity contribution in [2.45, 2.75) is 24.9 Å². The van der Waals surface area contributed by atoms with Gasteiger partial charge in [0, 0.05) is 5.69 Å². The van der Waals surface area contributed by atoms with E-state index in [2.05, 4.69) is 0 Å². The molecule has 0 spiro atoms. The van der Waals surface area contributed by atoms with Gasteiger partial charge in [0.05, 0.1) is 19.5 Å². The summed E-state index contributed by atoms with van der Waals surface area (Å²) in [6.07, 6.45) is 2.53. The Kier molecular flexibility index (Phi) is 2.55. The lowest BCUT2D eigenvalue weighted by atomic mass is 9.88. The summed E-state index contributed by atoms with van der Waals surface area (Å²) in [5.41, 5.74) is 6.74. The largest absolute Gasteiger partial charge is 0.398 e. The summed E-state index contributed by atoms with van der Waals surface area (Å²) in [7, 11) is 0. The molecule has 1 aromatic carbocycles. The predicted molar refractivity (Wildman–Crippen MR) is 68.8 cm³/mol. The molecular formula is C14H18N2O2. The minimum Gasteiger partial charge on any atom is -0.398 e. The number of nitrogens with zero attached hydrogens (tertiary/aromatic N) is 1. The Morgan fingerprint density at radius 2 is 2.06 bits per heavy atom. The van der Waals surface area contributed by atoms with Crippen LogP contribution in [0.1, 0.15) is 18.4 Å². The van der Waals surface area contributed by atoms with Gasteiger partial charge in [-0.25, -0.2) is 0 Å². The van der Waals surface area contributed by atoms with E-state index in [0.29, 0.717) is 31.1 Å². The van der Waals surface area contributed by atoms with Crippen molar-refractivity contribution in [1.82, 2.24) is 4.90 Å². The number of carbonyl (C=O) groups excluding carboxylic acids is 1. The fraction of sp³-hybridized carbons (Fsp3) is 0.500. The molecule has 1 aliphatic carbocycles. The molecule has 1 saturated carbocycles. The molecule has 1 aliphatic heterocycles. The molecule has 1 amide bonds. The fourth-order valence-electron chi connectivity index (χ4n) is 2.64. The third-order valence-electron chi connectivity index (χ3n) is 4.02. The Balaban J connectivity index is 1.59. The number of carbonyl (C=O) groups is 1. The fourth-order valence-corrected chi connectivity index (χ4v) is 2.64. The van der Waals surface area contributed by atoms with Gasteiger partial charge in [0.2, 0.25) is 5.91 Å². The number of rotatable bonds is 3. The third kappa shape index (κ3) is 1.97. The van der Waals surface area contributed by atoms with Crippen LogP contribution >= 0.6 is 0 Å². The van der Waals surface area contributed by atoms with Crippen molar-refractivity contribution in [3.8, 4) is 0 Å². The van der Waals surface area contributed by atoms with Crippen molar-refractivity contribution in [2.75, 3.05) is 18.8 Å². The summed E-state index contributed by atoms with van der Waals surface area (Å²) in [5, 5.41) is 10.2. The zero-order valence-electron chi connectivity index (χ0n) is 10.3. The Labute approximate surface area is 106 Å². The van der Waals surface area contributed by atoms with Crippen LogP contribution in [-0.2, 0) is 11.2 Å². The molecule has 3 N–H and O–H groups in total. The van der Waals surface area contributed by atoms with E-state index in [1.807, 2.05) is 18.2 Å². The molecule has 96 valence electrons. The van der Waals surface area contributed by atoms with Crippen molar-refractivity contribution in [2.24, 2.45) is 5.92 Å². The third-order valence-corrected chi connectivity index (χ3v) is 4.02. The first-order chi connectivity index (χ1) is 8.58. The quantitative estimate of drug-likeness (QED) is 0.775. The first kappa shape index (κ1) is 11.5. The van der Waals surface area contributed by atoms with Gasteiger partial charge in [-0.05, 0) is 30.4 Å². The van der Waals surface area contributed by atoms with Gasteiger partial charge in [0.1, 0.15) is 5.60 Å². The number of benzene rings is 1. The van der Waals surface area contributed by atoms with E-state index in [0.717, 1.165) is 18.4 Å². The van der Waals surface area contributed by atoms with E-state index in [9.17, 15) is 9.90 Å². The lowest BCUT2D eigenvalue weighted by molar-refractivity contribution is -0.158. The molecule has 0 radical (unpaired) electrons. The zero-order valence-corrected chi connectivity index (χ0v) is 10.3. The summed E-state index contributed by atoms with van der Waals surface area (Å²) in [5.74, 6) is 0.474. The first-order valence-corrected chi connectivity index (χ1v) is 6.42. The number of para-hydroxylation sites is 1. The molecule has 1 heterocycles. The molecule has 4 heteroatoms. The lowest BCUT2D eigenvalue weighted by Gasteiger charge is -2.47. The maximum Gasteiger partial charge on any atom is 0.227 e. The highest BCUT2D eigenvalue weighted by Crippen LogP contribution is 2.44. The second-order valence-corrected chi connectivity index (χ2v) is 5.50. The molecule has 1 aromatic rings. The molecule has 18 heavy (non-hydrogen) atoms. The van der Waals surface area contributed by atoms with E-state index in [-0.39, 0.29) is 5.91 Å². The van der Waals surface area contributed by atoms with Gasteiger partial charge in [-0.3, -0.25) is 4.79 Å². The number of nitrogen functional groups attached to an aromatic ring is 1. The summed E-state index contributed by atoms with van der Waals surface area (Å²) < 4.78 is 0. The number of hydrogen-bond donors (Lipinski definition) is 2. The highest BCUT2D eigenvalue weighted by atomic mass is 16.3. The number of amides is 1. The highest BCUT2D eigenvalue weighted by Gasteiger charge is 2.53. The average molecular weight is 246 g/mol. The van der Waals surface area contributed by atoms with E-state index in [1.54, 1.807) is 11.0 Å². The maximum absolute atomic E-state index is 12.0.